The molecule has 1 saturated heterocycles. The lowest BCUT2D eigenvalue weighted by molar-refractivity contribution is 0.102. The fraction of sp³-hybridized carbons (Fsp3) is 0.318. The fourth-order valence-corrected chi connectivity index (χ4v) is 6.60. The number of hydrogen-bond donors (Lipinski definition) is 1. The number of carbonyl (C=O) groups is 1. The molecule has 1 N–H and O–H groups in total. The molecule has 3 heterocycles. The minimum absolute atomic E-state index is 0.148. The van der Waals surface area contributed by atoms with Gasteiger partial charge in [-0.3, -0.25) is 4.79 Å². The number of nitrogens with zero attached hydrogens (tertiary/aromatic N) is 3. The normalized spacial score (nSPS) is 17.9. The molecule has 3 aromatic rings. The zero-order valence-corrected chi connectivity index (χ0v) is 19.7. The van der Waals surface area contributed by atoms with Crippen molar-refractivity contribution in [1.82, 2.24) is 14.5 Å². The van der Waals surface area contributed by atoms with Crippen LogP contribution in [0.1, 0.15) is 44.8 Å². The van der Waals surface area contributed by atoms with Gasteiger partial charge in [-0.25, -0.2) is 8.42 Å². The molecule has 0 radical (unpaired) electrons. The number of nitrogens with one attached hydrogen (secondary N) is 1. The molecule has 9 nitrogen and oxygen atoms in total. The first-order valence-corrected chi connectivity index (χ1v) is 12.7. The van der Waals surface area contributed by atoms with Crippen LogP contribution in [0.25, 0.3) is 0 Å². The maximum absolute atomic E-state index is 13.3. The van der Waals surface area contributed by atoms with Crippen LogP contribution < -0.4 is 14.8 Å². The maximum atomic E-state index is 13.3. The number of amides is 1. The average molecular weight is 487 g/mol. The number of benzene rings is 2. The van der Waals surface area contributed by atoms with Crippen LogP contribution in [0.15, 0.2) is 41.3 Å². The van der Waals surface area contributed by atoms with Crippen molar-refractivity contribution >= 4 is 33.0 Å². The summed E-state index contributed by atoms with van der Waals surface area (Å²) in [5.74, 6) is 0.764. The first-order chi connectivity index (χ1) is 15.8. The molecular formula is C22H22N4O5S2. The van der Waals surface area contributed by atoms with E-state index in [1.807, 2.05) is 19.9 Å². The Kier molecular flexibility index (Phi) is 5.55. The van der Waals surface area contributed by atoms with Crippen LogP contribution in [-0.4, -0.2) is 42.2 Å². The van der Waals surface area contributed by atoms with Crippen LogP contribution in [0.4, 0.5) is 5.69 Å². The lowest BCUT2D eigenvalue weighted by atomic mass is 10.1. The van der Waals surface area contributed by atoms with Gasteiger partial charge in [0.2, 0.25) is 21.8 Å². The summed E-state index contributed by atoms with van der Waals surface area (Å²) in [6.45, 7) is 4.39. The van der Waals surface area contributed by atoms with Crippen molar-refractivity contribution in [3.63, 3.8) is 0 Å². The third-order valence-electron chi connectivity index (χ3n) is 5.84. The van der Waals surface area contributed by atoms with Gasteiger partial charge >= 0.3 is 0 Å². The molecule has 1 fully saturated rings. The molecule has 5 rings (SSSR count). The van der Waals surface area contributed by atoms with Gasteiger partial charge in [-0.05, 0) is 62.1 Å². The van der Waals surface area contributed by atoms with Gasteiger partial charge in [-0.2, -0.15) is 4.31 Å². The zero-order chi connectivity index (χ0) is 23.2. The minimum Gasteiger partial charge on any atom is -0.454 e. The van der Waals surface area contributed by atoms with Gasteiger partial charge in [0.05, 0.1) is 10.9 Å². The number of ether oxygens (including phenoxy) is 2. The number of sulfonamides is 1. The molecular weight excluding hydrogens is 464 g/mol. The Morgan fingerprint density at radius 1 is 1.09 bits per heavy atom. The number of aromatic nitrogens is 2. The number of anilines is 1. The molecule has 2 aromatic carbocycles. The Morgan fingerprint density at radius 3 is 2.73 bits per heavy atom. The molecule has 0 saturated carbocycles. The second-order valence-corrected chi connectivity index (χ2v) is 10.9. The van der Waals surface area contributed by atoms with Crippen molar-refractivity contribution in [2.24, 2.45) is 0 Å². The molecule has 2 aliphatic heterocycles. The Bertz CT molecular complexity index is 1340. The van der Waals surface area contributed by atoms with E-state index in [1.54, 1.807) is 30.3 Å². The summed E-state index contributed by atoms with van der Waals surface area (Å²) in [6.07, 6.45) is 1.34. The Morgan fingerprint density at radius 2 is 1.91 bits per heavy atom. The minimum atomic E-state index is -3.69. The summed E-state index contributed by atoms with van der Waals surface area (Å²) in [5.41, 5.74) is 2.50. The van der Waals surface area contributed by atoms with E-state index in [0.29, 0.717) is 41.6 Å². The van der Waals surface area contributed by atoms with Gasteiger partial charge in [0.15, 0.2) is 11.5 Å². The van der Waals surface area contributed by atoms with Gasteiger partial charge in [-0.1, -0.05) is 17.4 Å². The van der Waals surface area contributed by atoms with E-state index in [4.69, 9.17) is 9.47 Å². The van der Waals surface area contributed by atoms with Gasteiger partial charge < -0.3 is 14.8 Å². The molecule has 11 heteroatoms. The standard InChI is InChI=1S/C22H22N4O5S2/c1-13-5-7-16(10-14(13)2)33(28,29)26-9-3-4-17(26)21-24-25-22(32-21)20(27)23-15-6-8-18-19(11-15)31-12-30-18/h5-8,10-11,17H,3-4,9,12H2,1-2H3,(H,23,27). The van der Waals surface area contributed by atoms with Crippen molar-refractivity contribution in [3.8, 4) is 11.5 Å². The van der Waals surface area contributed by atoms with Crippen LogP contribution in [0.2, 0.25) is 0 Å². The fourth-order valence-electron chi connectivity index (χ4n) is 3.90. The molecule has 0 aliphatic carbocycles. The summed E-state index contributed by atoms with van der Waals surface area (Å²) in [7, 11) is -3.69. The summed E-state index contributed by atoms with van der Waals surface area (Å²) < 4.78 is 38.8. The molecule has 1 unspecified atom stereocenters. The summed E-state index contributed by atoms with van der Waals surface area (Å²) in [6, 6.07) is 9.82. The average Bonchev–Trinajstić information content (AvgIpc) is 3.54. The van der Waals surface area contributed by atoms with Gasteiger partial charge in [0.25, 0.3) is 5.91 Å². The smallest absolute Gasteiger partial charge is 0.286 e. The van der Waals surface area contributed by atoms with E-state index in [1.165, 1.54) is 4.31 Å². The van der Waals surface area contributed by atoms with Crippen LogP contribution >= 0.6 is 11.3 Å². The van der Waals surface area contributed by atoms with E-state index in [9.17, 15) is 13.2 Å². The van der Waals surface area contributed by atoms with Crippen LogP contribution in [0, 0.1) is 13.8 Å². The predicted octanol–water partition coefficient (Wildman–Crippen LogP) is 3.66. The van der Waals surface area contributed by atoms with E-state index < -0.39 is 22.0 Å². The Hall–Kier alpha value is -3.02. The van der Waals surface area contributed by atoms with Crippen molar-refractivity contribution in [2.45, 2.75) is 37.6 Å². The highest BCUT2D eigenvalue weighted by Gasteiger charge is 2.38. The van der Waals surface area contributed by atoms with E-state index in [-0.39, 0.29) is 16.7 Å². The zero-order valence-electron chi connectivity index (χ0n) is 18.1. The molecule has 1 atom stereocenters. The maximum Gasteiger partial charge on any atom is 0.286 e. The van der Waals surface area contributed by atoms with Gasteiger partial charge in [-0.15, -0.1) is 10.2 Å². The number of hydrogen-bond acceptors (Lipinski definition) is 8. The lowest BCUT2D eigenvalue weighted by Crippen LogP contribution is -2.30. The number of fused-ring (bicyclic) bond motifs is 1. The third kappa shape index (κ3) is 4.07. The summed E-state index contributed by atoms with van der Waals surface area (Å²) in [5, 5.41) is 11.6. The van der Waals surface area contributed by atoms with Crippen LogP contribution in [0.5, 0.6) is 11.5 Å². The monoisotopic (exact) mass is 486 g/mol. The topological polar surface area (TPSA) is 111 Å². The number of carbonyl (C=O) groups excluding carboxylic acids is 1. The lowest BCUT2D eigenvalue weighted by Gasteiger charge is -2.22. The predicted molar refractivity (Wildman–Crippen MR) is 122 cm³/mol. The first-order valence-electron chi connectivity index (χ1n) is 10.5. The SMILES string of the molecule is Cc1ccc(S(=O)(=O)N2CCCC2c2nnc(C(=O)Nc3ccc4c(c3)OCO4)s2)cc1C. The molecule has 0 bridgehead atoms. The molecule has 0 spiro atoms. The van der Waals surface area contributed by atoms with Crippen molar-refractivity contribution in [3.05, 3.63) is 57.5 Å². The second kappa shape index (κ2) is 8.40. The van der Waals surface area contributed by atoms with Crippen LogP contribution in [0.3, 0.4) is 0 Å². The van der Waals surface area contributed by atoms with E-state index >= 15 is 0 Å². The summed E-state index contributed by atoms with van der Waals surface area (Å²) in [4.78, 5) is 13.0. The molecule has 33 heavy (non-hydrogen) atoms. The first kappa shape index (κ1) is 21.8. The largest absolute Gasteiger partial charge is 0.454 e. The quantitative estimate of drug-likeness (QED) is 0.586. The van der Waals surface area contributed by atoms with Crippen molar-refractivity contribution in [1.29, 1.82) is 0 Å². The molecule has 1 aromatic heterocycles. The Balaban J connectivity index is 1.35. The summed E-state index contributed by atoms with van der Waals surface area (Å²) >= 11 is 1.11. The number of rotatable bonds is 5. The van der Waals surface area contributed by atoms with Gasteiger partial charge in [0, 0.05) is 18.3 Å². The van der Waals surface area contributed by atoms with Crippen LogP contribution in [-0.2, 0) is 10.0 Å². The number of aryl methyl sites for hydroxylation is 2. The molecule has 1 amide bonds. The molecule has 2 aliphatic rings. The Labute approximate surface area is 195 Å². The van der Waals surface area contributed by atoms with Gasteiger partial charge in [0.1, 0.15) is 5.01 Å². The molecule has 172 valence electrons. The van der Waals surface area contributed by atoms with E-state index in [2.05, 4.69) is 15.5 Å². The van der Waals surface area contributed by atoms with Crippen molar-refractivity contribution in [2.75, 3.05) is 18.7 Å². The highest BCUT2D eigenvalue weighted by molar-refractivity contribution is 7.89. The second-order valence-electron chi connectivity index (χ2n) is 7.99. The third-order valence-corrected chi connectivity index (χ3v) is 8.77. The van der Waals surface area contributed by atoms with E-state index in [0.717, 1.165) is 22.5 Å². The highest BCUT2D eigenvalue weighted by Crippen LogP contribution is 2.38. The van der Waals surface area contributed by atoms with Crippen molar-refractivity contribution < 1.29 is 22.7 Å². The highest BCUT2D eigenvalue weighted by atomic mass is 32.2.